The highest BCUT2D eigenvalue weighted by Crippen LogP contribution is 2.17. The number of ether oxygens (including phenoxy) is 4. The van der Waals surface area contributed by atoms with E-state index < -0.39 is 24.3 Å². The maximum absolute atomic E-state index is 13.0. The van der Waals surface area contributed by atoms with E-state index in [9.17, 15) is 19.5 Å². The predicted molar refractivity (Wildman–Crippen MR) is 410 cm³/mol. The van der Waals surface area contributed by atoms with Crippen LogP contribution in [0.3, 0.4) is 0 Å². The molecule has 0 aromatic heterocycles. The first-order chi connectivity index (χ1) is 46.6. The quantitative estimate of drug-likeness (QED) is 0.0211. The van der Waals surface area contributed by atoms with Gasteiger partial charge < -0.3 is 28.5 Å². The van der Waals surface area contributed by atoms with Crippen molar-refractivity contribution in [2.45, 2.75) is 309 Å². The number of esters is 2. The zero-order valence-corrected chi connectivity index (χ0v) is 61.5. The van der Waals surface area contributed by atoms with Gasteiger partial charge in [-0.1, -0.05) is 325 Å². The summed E-state index contributed by atoms with van der Waals surface area (Å²) in [4.78, 5) is 37.7. The molecule has 2 atom stereocenters. The lowest BCUT2D eigenvalue weighted by molar-refractivity contribution is -0.870. The van der Waals surface area contributed by atoms with Crippen molar-refractivity contribution in [1.82, 2.24) is 0 Å². The number of carboxylic acids is 1. The zero-order chi connectivity index (χ0) is 69.0. The Bertz CT molecular complexity index is 2170. The topological polar surface area (TPSA) is 108 Å². The van der Waals surface area contributed by atoms with Crippen LogP contribution in [0.1, 0.15) is 296 Å². The molecule has 1 N–H and O–H groups in total. The van der Waals surface area contributed by atoms with Crippen LogP contribution in [0.4, 0.5) is 0 Å². The second-order valence-electron chi connectivity index (χ2n) is 26.2. The first-order valence-electron chi connectivity index (χ1n) is 38.3. The molecular weight excluding hydrogens is 1170 g/mol. The van der Waals surface area contributed by atoms with Crippen molar-refractivity contribution in [3.8, 4) is 0 Å². The number of carbonyl (C=O) groups excluding carboxylic acids is 2. The summed E-state index contributed by atoms with van der Waals surface area (Å²) >= 11 is 0. The smallest absolute Gasteiger partial charge is 0.361 e. The summed E-state index contributed by atoms with van der Waals surface area (Å²) in [6.07, 6.45) is 109. The summed E-state index contributed by atoms with van der Waals surface area (Å²) in [5.74, 6) is -2.06. The molecule has 0 radical (unpaired) electrons. The molecule has 0 saturated carbocycles. The average molecular weight is 1320 g/mol. The maximum atomic E-state index is 13.0. The minimum absolute atomic E-state index is 0.174. The van der Waals surface area contributed by atoms with Crippen LogP contribution in [0.15, 0.2) is 170 Å². The molecule has 0 aromatic rings. The highest BCUT2D eigenvalue weighted by atomic mass is 16.7. The Morgan fingerprint density at radius 2 is 0.568 bits per heavy atom. The van der Waals surface area contributed by atoms with Gasteiger partial charge in [-0.05, 0) is 128 Å². The molecule has 0 aliphatic heterocycles. The highest BCUT2D eigenvalue weighted by molar-refractivity contribution is 5.71. The van der Waals surface area contributed by atoms with E-state index in [2.05, 4.69) is 184 Å². The van der Waals surface area contributed by atoms with E-state index in [1.807, 2.05) is 21.1 Å². The Labute approximate surface area is 584 Å². The van der Waals surface area contributed by atoms with Crippen LogP contribution in [0, 0.1) is 0 Å². The molecule has 9 nitrogen and oxygen atoms in total. The van der Waals surface area contributed by atoms with Crippen molar-refractivity contribution in [3.05, 3.63) is 170 Å². The van der Waals surface area contributed by atoms with Gasteiger partial charge in [-0.25, -0.2) is 4.79 Å². The first kappa shape index (κ1) is 89.6. The molecule has 0 bridgehead atoms. The average Bonchev–Trinajstić information content (AvgIpc) is 3.24. The van der Waals surface area contributed by atoms with Gasteiger partial charge in [0, 0.05) is 12.8 Å². The third kappa shape index (κ3) is 75.9. The molecular formula is C86H142NO8+. The van der Waals surface area contributed by atoms with E-state index in [0.29, 0.717) is 17.4 Å². The van der Waals surface area contributed by atoms with Crippen LogP contribution < -0.4 is 0 Å². The van der Waals surface area contributed by atoms with Crippen LogP contribution in [0.2, 0.25) is 0 Å². The van der Waals surface area contributed by atoms with Gasteiger partial charge in [-0.2, -0.15) is 0 Å². The number of quaternary nitrogens is 1. The lowest BCUT2D eigenvalue weighted by atomic mass is 10.0. The second-order valence-corrected chi connectivity index (χ2v) is 26.2. The molecule has 0 aromatic carbocycles. The summed E-state index contributed by atoms with van der Waals surface area (Å²) in [6.45, 7) is 4.61. The van der Waals surface area contributed by atoms with Crippen LogP contribution in [0.5, 0.6) is 0 Å². The number of hydrogen-bond donors (Lipinski definition) is 1. The molecule has 0 saturated heterocycles. The third-order valence-electron chi connectivity index (χ3n) is 16.0. The van der Waals surface area contributed by atoms with Gasteiger partial charge in [0.15, 0.2) is 6.10 Å². The Kier molecular flexibility index (Phi) is 70.2. The van der Waals surface area contributed by atoms with Crippen molar-refractivity contribution in [1.29, 1.82) is 0 Å². The van der Waals surface area contributed by atoms with Gasteiger partial charge in [0.2, 0.25) is 0 Å². The van der Waals surface area contributed by atoms with Crippen molar-refractivity contribution in [3.63, 3.8) is 0 Å². The monoisotopic (exact) mass is 1320 g/mol. The minimum Gasteiger partial charge on any atom is -0.477 e. The number of rotatable bonds is 69. The van der Waals surface area contributed by atoms with E-state index >= 15 is 0 Å². The number of allylic oxidation sites excluding steroid dienone is 28. The van der Waals surface area contributed by atoms with Crippen molar-refractivity contribution >= 4 is 17.9 Å². The van der Waals surface area contributed by atoms with E-state index in [4.69, 9.17) is 18.9 Å². The molecule has 0 aliphatic rings. The minimum atomic E-state index is -1.53. The molecule has 538 valence electrons. The number of hydrogen-bond acceptors (Lipinski definition) is 7. The Morgan fingerprint density at radius 1 is 0.316 bits per heavy atom. The van der Waals surface area contributed by atoms with Crippen molar-refractivity contribution in [2.24, 2.45) is 0 Å². The van der Waals surface area contributed by atoms with E-state index in [-0.39, 0.29) is 38.6 Å². The number of likely N-dealkylation sites (N-methyl/N-ethyl adjacent to an activating group) is 1. The number of carbonyl (C=O) groups is 3. The fourth-order valence-corrected chi connectivity index (χ4v) is 10.2. The van der Waals surface area contributed by atoms with Gasteiger partial charge >= 0.3 is 17.9 Å². The van der Waals surface area contributed by atoms with Crippen molar-refractivity contribution < 1.29 is 42.9 Å². The molecule has 0 rings (SSSR count). The van der Waals surface area contributed by atoms with Gasteiger partial charge in [0.05, 0.1) is 34.4 Å². The lowest BCUT2D eigenvalue weighted by Crippen LogP contribution is -2.40. The molecule has 0 heterocycles. The molecule has 9 heteroatoms. The Morgan fingerprint density at radius 3 is 0.853 bits per heavy atom. The number of carboxylic acid groups (broad SMARTS) is 1. The van der Waals surface area contributed by atoms with E-state index in [1.54, 1.807) is 0 Å². The van der Waals surface area contributed by atoms with Crippen LogP contribution in [0.25, 0.3) is 0 Å². The fourth-order valence-electron chi connectivity index (χ4n) is 10.2. The maximum Gasteiger partial charge on any atom is 0.361 e. The highest BCUT2D eigenvalue weighted by Gasteiger charge is 2.25. The van der Waals surface area contributed by atoms with Crippen LogP contribution in [-0.2, 0) is 33.3 Å². The largest absolute Gasteiger partial charge is 0.477 e. The molecule has 0 aliphatic carbocycles. The Balaban J connectivity index is 4.11. The fraction of sp³-hybridized carbons (Fsp3) is 0.640. The summed E-state index contributed by atoms with van der Waals surface area (Å²) in [5, 5.41) is 9.76. The summed E-state index contributed by atoms with van der Waals surface area (Å²) in [5.41, 5.74) is 0. The normalized spacial score (nSPS) is 13.7. The molecule has 0 spiro atoms. The number of unbranched alkanes of at least 4 members (excludes halogenated alkanes) is 26. The third-order valence-corrected chi connectivity index (χ3v) is 16.0. The predicted octanol–water partition coefficient (Wildman–Crippen LogP) is 24.6. The number of nitrogens with zero attached hydrogens (tertiary/aromatic N) is 1. The second kappa shape index (κ2) is 74.4. The zero-order valence-electron chi connectivity index (χ0n) is 61.5. The molecule has 2 unspecified atom stereocenters. The lowest BCUT2D eigenvalue weighted by Gasteiger charge is -2.25. The number of aliphatic carboxylic acids is 1. The SMILES string of the molecule is CC/C=C\C/C=C\C/C=C\C/C=C\C/C=C\C/C=C\C/C=C\C/C=C\C/C=C\CCCCCC(=O)OC(COC(=O)CCCCCCCCCCCCCCCCCCCCCCCCC/C=C\C/C=C\C/C=C\C/C=C\C/C=C\CC)COC(OCC[N+](C)(C)C)C(=O)O. The molecule has 0 fully saturated rings. The summed E-state index contributed by atoms with van der Waals surface area (Å²) in [6, 6.07) is 0. The standard InChI is InChI=1S/C86H141NO8/c1-6-8-10-12-14-16-18-20-22-24-26-28-30-32-34-36-38-39-40-41-42-43-44-45-47-48-50-52-54-56-58-60-62-64-66-68-70-72-74-76-83(88)93-80-82(81-94-86(85(90)91)92-79-78-87(3,4)5)95-84(89)77-75-73-71-69-67-65-63-61-59-57-55-53-51-49-46-37-35-33-31-29-27-25-23-21-19-17-15-13-11-9-7-2/h8-11,14-17,20-23,26-29,32-35,46,49,53,55,59,61,65,67,82,86H,6-7,12-13,18-19,24-25,30-31,36-45,47-48,50-52,54,56-58,60,62-64,66,68-81H2,1-5H3/p+1/b10-8-,11-9-,16-14-,17-15-,22-20-,23-21-,28-26-,29-27-,34-32-,35-33-,49-46-,55-53-,61-59-,67-65-. The van der Waals surface area contributed by atoms with Gasteiger partial charge in [-0.3, -0.25) is 9.59 Å². The summed E-state index contributed by atoms with van der Waals surface area (Å²) in [7, 11) is 5.96. The van der Waals surface area contributed by atoms with Crippen LogP contribution in [-0.4, -0.2) is 87.4 Å². The van der Waals surface area contributed by atoms with Crippen LogP contribution >= 0.6 is 0 Å². The van der Waals surface area contributed by atoms with Crippen molar-refractivity contribution in [2.75, 3.05) is 47.5 Å². The van der Waals surface area contributed by atoms with Gasteiger partial charge in [0.25, 0.3) is 6.29 Å². The van der Waals surface area contributed by atoms with Gasteiger partial charge in [0.1, 0.15) is 13.2 Å². The first-order valence-corrected chi connectivity index (χ1v) is 38.3. The molecule has 0 amide bonds. The summed E-state index contributed by atoms with van der Waals surface area (Å²) < 4.78 is 23.0. The Hall–Kier alpha value is -5.35. The van der Waals surface area contributed by atoms with Gasteiger partial charge in [-0.15, -0.1) is 0 Å². The van der Waals surface area contributed by atoms with E-state index in [0.717, 1.165) is 128 Å². The molecule has 95 heavy (non-hydrogen) atoms. The van der Waals surface area contributed by atoms with E-state index in [1.165, 1.54) is 135 Å².